The summed E-state index contributed by atoms with van der Waals surface area (Å²) >= 11 is 1.14. The van der Waals surface area contributed by atoms with Gasteiger partial charge in [-0.3, -0.25) is 4.79 Å². The number of nitrogens with zero attached hydrogens (tertiary/aromatic N) is 1. The average Bonchev–Trinajstić information content (AvgIpc) is 2.84. The molecule has 2 nitrogen and oxygen atoms in total. The Balaban J connectivity index is 1.92. The summed E-state index contributed by atoms with van der Waals surface area (Å²) in [4.78, 5) is 14.2. The van der Waals surface area contributed by atoms with Gasteiger partial charge in [0.15, 0.2) is 0 Å². The highest BCUT2D eigenvalue weighted by Crippen LogP contribution is 2.36. The third-order valence-corrected chi connectivity index (χ3v) is 5.51. The molecular weight excluding hydrogens is 330 g/mol. The average molecular weight is 345 g/mol. The normalized spacial score (nSPS) is 19.3. The fourth-order valence-electron chi connectivity index (χ4n) is 3.03. The predicted molar refractivity (Wildman–Crippen MR) is 81.2 cm³/mol. The van der Waals surface area contributed by atoms with Gasteiger partial charge in [-0.1, -0.05) is 6.07 Å². The van der Waals surface area contributed by atoms with E-state index in [-0.39, 0.29) is 13.0 Å². The highest BCUT2D eigenvalue weighted by Gasteiger charge is 2.43. The van der Waals surface area contributed by atoms with E-state index in [0.29, 0.717) is 33.5 Å². The number of rotatable bonds is 1. The number of hydrogen-bond acceptors (Lipinski definition) is 2. The molecule has 1 aliphatic rings. The predicted octanol–water partition coefficient (Wildman–Crippen LogP) is 4.76. The molecule has 7 heteroatoms. The highest BCUT2D eigenvalue weighted by atomic mass is 32.1. The van der Waals surface area contributed by atoms with Crippen LogP contribution in [0.4, 0.5) is 17.6 Å². The van der Waals surface area contributed by atoms with Crippen molar-refractivity contribution < 1.29 is 22.4 Å². The quantitative estimate of drug-likeness (QED) is 0.682. The molecule has 1 saturated heterocycles. The second kappa shape index (κ2) is 5.78. The number of alkyl halides is 3. The SMILES string of the molecule is Cc1c(C(=O)N2CCC[C@@H](C(F)(F)F)C2)sc2cccc(F)c12. The van der Waals surface area contributed by atoms with Crippen LogP contribution in [0.1, 0.15) is 28.1 Å². The lowest BCUT2D eigenvalue weighted by Crippen LogP contribution is -2.44. The number of amides is 1. The van der Waals surface area contributed by atoms with Crippen LogP contribution in [-0.2, 0) is 0 Å². The van der Waals surface area contributed by atoms with Crippen LogP contribution in [0.2, 0.25) is 0 Å². The molecule has 1 aliphatic heterocycles. The van der Waals surface area contributed by atoms with Crippen molar-refractivity contribution in [2.24, 2.45) is 5.92 Å². The third-order valence-electron chi connectivity index (χ3n) is 4.27. The summed E-state index contributed by atoms with van der Waals surface area (Å²) in [6.07, 6.45) is -3.91. The molecule has 0 unspecified atom stereocenters. The Morgan fingerprint density at radius 3 is 2.74 bits per heavy atom. The molecule has 3 rings (SSSR count). The van der Waals surface area contributed by atoms with Gasteiger partial charge < -0.3 is 4.90 Å². The van der Waals surface area contributed by atoms with Gasteiger partial charge in [0, 0.05) is 23.2 Å². The number of halogens is 4. The first-order chi connectivity index (χ1) is 10.8. The number of likely N-dealkylation sites (tertiary alicyclic amines) is 1. The molecule has 124 valence electrons. The van der Waals surface area contributed by atoms with E-state index in [0.717, 1.165) is 11.3 Å². The van der Waals surface area contributed by atoms with Gasteiger partial charge in [0.2, 0.25) is 0 Å². The Hall–Kier alpha value is -1.63. The molecule has 2 aromatic rings. The van der Waals surface area contributed by atoms with Crippen LogP contribution in [0, 0.1) is 18.7 Å². The molecular formula is C16H15F4NOS. The molecule has 23 heavy (non-hydrogen) atoms. The standard InChI is InChI=1S/C16H15F4NOS/c1-9-13-11(17)5-2-6-12(13)23-14(9)15(22)21-7-3-4-10(8-21)16(18,19)20/h2,5-6,10H,3-4,7-8H2,1H3/t10-/m1/s1. The smallest absolute Gasteiger partial charge is 0.337 e. The Kier molecular flexibility index (Phi) is 4.08. The molecule has 0 aliphatic carbocycles. The van der Waals surface area contributed by atoms with Crippen molar-refractivity contribution in [2.45, 2.75) is 25.9 Å². The fraction of sp³-hybridized carbons (Fsp3) is 0.438. The molecule has 0 spiro atoms. The van der Waals surface area contributed by atoms with Gasteiger partial charge >= 0.3 is 6.18 Å². The van der Waals surface area contributed by atoms with Gasteiger partial charge in [-0.25, -0.2) is 4.39 Å². The molecule has 1 atom stereocenters. The first-order valence-electron chi connectivity index (χ1n) is 7.32. The van der Waals surface area contributed by atoms with Gasteiger partial charge in [0.1, 0.15) is 5.82 Å². The first kappa shape index (κ1) is 16.2. The maximum absolute atomic E-state index is 13.9. The monoisotopic (exact) mass is 345 g/mol. The largest absolute Gasteiger partial charge is 0.393 e. The van der Waals surface area contributed by atoms with Crippen LogP contribution in [0.15, 0.2) is 18.2 Å². The molecule has 0 saturated carbocycles. The van der Waals surface area contributed by atoms with Crippen molar-refractivity contribution in [3.8, 4) is 0 Å². The summed E-state index contributed by atoms with van der Waals surface area (Å²) in [6.45, 7) is 1.63. The van der Waals surface area contributed by atoms with Gasteiger partial charge in [-0.05, 0) is 37.5 Å². The zero-order valence-electron chi connectivity index (χ0n) is 12.4. The summed E-state index contributed by atoms with van der Waals surface area (Å²) in [5.74, 6) is -2.33. The minimum Gasteiger partial charge on any atom is -0.337 e. The maximum atomic E-state index is 13.9. The second-order valence-corrected chi connectivity index (χ2v) is 6.85. The van der Waals surface area contributed by atoms with Crippen LogP contribution < -0.4 is 0 Å². The zero-order chi connectivity index (χ0) is 16.8. The van der Waals surface area contributed by atoms with Crippen molar-refractivity contribution in [2.75, 3.05) is 13.1 Å². The second-order valence-electron chi connectivity index (χ2n) is 5.80. The summed E-state index contributed by atoms with van der Waals surface area (Å²) in [5.41, 5.74) is 0.502. The number of benzene rings is 1. The van der Waals surface area contributed by atoms with E-state index < -0.39 is 23.8 Å². The van der Waals surface area contributed by atoms with Crippen molar-refractivity contribution in [1.29, 1.82) is 0 Å². The minimum absolute atomic E-state index is 0.0489. The van der Waals surface area contributed by atoms with Crippen LogP contribution in [-0.4, -0.2) is 30.1 Å². The lowest BCUT2D eigenvalue weighted by molar-refractivity contribution is -0.184. The van der Waals surface area contributed by atoms with E-state index in [1.807, 2.05) is 0 Å². The molecule has 1 aromatic heterocycles. The van der Waals surface area contributed by atoms with Crippen molar-refractivity contribution >= 4 is 27.3 Å². The zero-order valence-corrected chi connectivity index (χ0v) is 13.2. The Bertz CT molecular complexity index is 752. The first-order valence-corrected chi connectivity index (χ1v) is 8.14. The van der Waals surface area contributed by atoms with Crippen LogP contribution in [0.5, 0.6) is 0 Å². The summed E-state index contributed by atoms with van der Waals surface area (Å²) in [7, 11) is 0. The number of aryl methyl sites for hydroxylation is 1. The van der Waals surface area contributed by atoms with Crippen LogP contribution in [0.25, 0.3) is 10.1 Å². The lowest BCUT2D eigenvalue weighted by Gasteiger charge is -2.33. The molecule has 0 N–H and O–H groups in total. The summed E-state index contributed by atoms with van der Waals surface area (Å²) < 4.78 is 53.2. The molecule has 1 amide bonds. The lowest BCUT2D eigenvalue weighted by atomic mass is 9.97. The van der Waals surface area contributed by atoms with Crippen molar-refractivity contribution in [1.82, 2.24) is 4.90 Å². The van der Waals surface area contributed by atoms with Gasteiger partial charge in [0.25, 0.3) is 5.91 Å². The number of hydrogen-bond donors (Lipinski definition) is 0. The Morgan fingerprint density at radius 1 is 1.35 bits per heavy atom. The van der Waals surface area contributed by atoms with E-state index in [2.05, 4.69) is 0 Å². The Morgan fingerprint density at radius 2 is 2.09 bits per heavy atom. The number of carbonyl (C=O) groups is 1. The van der Waals surface area contributed by atoms with Crippen molar-refractivity contribution in [3.63, 3.8) is 0 Å². The highest BCUT2D eigenvalue weighted by molar-refractivity contribution is 7.21. The van der Waals surface area contributed by atoms with Crippen molar-refractivity contribution in [3.05, 3.63) is 34.5 Å². The molecule has 1 fully saturated rings. The van der Waals surface area contributed by atoms with E-state index >= 15 is 0 Å². The molecule has 0 bridgehead atoms. The number of carbonyl (C=O) groups excluding carboxylic acids is 1. The van der Waals surface area contributed by atoms with Crippen LogP contribution >= 0.6 is 11.3 Å². The van der Waals surface area contributed by atoms with E-state index in [1.54, 1.807) is 19.1 Å². The maximum Gasteiger partial charge on any atom is 0.393 e. The van der Waals surface area contributed by atoms with E-state index in [9.17, 15) is 22.4 Å². The molecule has 1 aromatic carbocycles. The van der Waals surface area contributed by atoms with E-state index in [1.165, 1.54) is 11.0 Å². The van der Waals surface area contributed by atoms with Gasteiger partial charge in [0.05, 0.1) is 10.8 Å². The van der Waals surface area contributed by atoms with Gasteiger partial charge in [-0.15, -0.1) is 11.3 Å². The number of thiophene rings is 1. The number of fused-ring (bicyclic) bond motifs is 1. The fourth-order valence-corrected chi connectivity index (χ4v) is 4.22. The Labute approximate surface area is 134 Å². The third kappa shape index (κ3) is 2.94. The topological polar surface area (TPSA) is 20.3 Å². The number of piperidine rings is 1. The molecule has 2 heterocycles. The minimum atomic E-state index is -4.29. The van der Waals surface area contributed by atoms with Gasteiger partial charge in [-0.2, -0.15) is 13.2 Å². The summed E-state index contributed by atoms with van der Waals surface area (Å²) in [6, 6.07) is 4.58. The molecule has 0 radical (unpaired) electrons. The summed E-state index contributed by atoms with van der Waals surface area (Å²) in [5, 5.41) is 0.380. The van der Waals surface area contributed by atoms with E-state index in [4.69, 9.17) is 0 Å². The van der Waals surface area contributed by atoms with Crippen LogP contribution in [0.3, 0.4) is 0 Å².